The Morgan fingerprint density at radius 1 is 1.38 bits per heavy atom. The van der Waals surface area contributed by atoms with Crippen molar-refractivity contribution in [3.05, 3.63) is 35.5 Å². The van der Waals surface area contributed by atoms with Crippen LogP contribution in [0, 0.1) is 0 Å². The number of hydrogen-bond donors (Lipinski definition) is 2. The molecule has 0 unspecified atom stereocenters. The van der Waals surface area contributed by atoms with Gasteiger partial charge >= 0.3 is 0 Å². The van der Waals surface area contributed by atoms with Crippen molar-refractivity contribution in [2.24, 2.45) is 4.99 Å². The normalized spacial score (nSPS) is 13.7. The molecule has 0 fully saturated rings. The molecule has 2 rings (SSSR count). The molecule has 0 spiro atoms. The molecule has 7 heteroatoms. The maximum Gasteiger partial charge on any atom is 0.225 e. The van der Waals surface area contributed by atoms with E-state index in [9.17, 15) is 4.79 Å². The highest BCUT2D eigenvalue weighted by molar-refractivity contribution is 6.14. The first-order valence-electron chi connectivity index (χ1n) is 8.96. The maximum absolute atomic E-state index is 11.8. The third-order valence-corrected chi connectivity index (χ3v) is 4.13. The smallest absolute Gasteiger partial charge is 0.225 e. The molecule has 1 aromatic rings. The molecule has 1 aromatic heterocycles. The minimum absolute atomic E-state index is 0.0488. The Morgan fingerprint density at radius 2 is 2.23 bits per heavy atom. The monoisotopic (exact) mass is 359 g/mol. The van der Waals surface area contributed by atoms with Crippen LogP contribution < -0.4 is 10.6 Å². The molecule has 26 heavy (non-hydrogen) atoms. The van der Waals surface area contributed by atoms with Crippen molar-refractivity contribution in [1.29, 1.82) is 0 Å². The number of methoxy groups -OCH3 is 1. The standard InChI is InChI=1S/C19H29N5O2/c1-20-10-11-24(2)14-16-8-9-21-19(16)15-6-7-17(22-13-15)23-18(25)5-4-12-26-3/h6-8,13,20H,4-5,9-12,14H2,1-3H3,(H,22,23,25). The zero-order valence-corrected chi connectivity index (χ0v) is 15.9. The van der Waals surface area contributed by atoms with Crippen LogP contribution in [0.2, 0.25) is 0 Å². The molecule has 1 amide bonds. The zero-order chi connectivity index (χ0) is 18.8. The molecule has 0 atom stereocenters. The van der Waals surface area contributed by atoms with Crippen molar-refractivity contribution in [3.8, 4) is 0 Å². The van der Waals surface area contributed by atoms with Gasteiger partial charge in [0.25, 0.3) is 0 Å². The molecule has 1 aliphatic rings. The molecule has 2 N–H and O–H groups in total. The summed E-state index contributed by atoms with van der Waals surface area (Å²) >= 11 is 0. The van der Waals surface area contributed by atoms with E-state index in [1.807, 2.05) is 19.2 Å². The lowest BCUT2D eigenvalue weighted by Gasteiger charge is -2.18. The first kappa shape index (κ1) is 20.2. The van der Waals surface area contributed by atoms with Crippen molar-refractivity contribution in [1.82, 2.24) is 15.2 Å². The number of pyridine rings is 1. The van der Waals surface area contributed by atoms with Crippen LogP contribution in [-0.2, 0) is 9.53 Å². The third kappa shape index (κ3) is 6.33. The molecule has 7 nitrogen and oxygen atoms in total. The van der Waals surface area contributed by atoms with Crippen molar-refractivity contribution >= 4 is 17.4 Å². The Morgan fingerprint density at radius 3 is 2.92 bits per heavy atom. The van der Waals surface area contributed by atoms with Crippen LogP contribution in [0.5, 0.6) is 0 Å². The highest BCUT2D eigenvalue weighted by Crippen LogP contribution is 2.17. The molecule has 0 radical (unpaired) electrons. The first-order chi connectivity index (χ1) is 12.6. The van der Waals surface area contributed by atoms with Gasteiger partial charge in [0.15, 0.2) is 0 Å². The van der Waals surface area contributed by atoms with Gasteiger partial charge in [-0.05, 0) is 38.2 Å². The maximum atomic E-state index is 11.8. The lowest BCUT2D eigenvalue weighted by molar-refractivity contribution is -0.116. The molecule has 142 valence electrons. The topological polar surface area (TPSA) is 78.8 Å². The van der Waals surface area contributed by atoms with Crippen molar-refractivity contribution in [2.45, 2.75) is 12.8 Å². The lowest BCUT2D eigenvalue weighted by Crippen LogP contribution is -2.30. The van der Waals surface area contributed by atoms with Gasteiger partial charge in [-0.25, -0.2) is 4.98 Å². The molecule has 0 aromatic carbocycles. The summed E-state index contributed by atoms with van der Waals surface area (Å²) in [7, 11) is 5.69. The van der Waals surface area contributed by atoms with E-state index in [4.69, 9.17) is 4.74 Å². The average molecular weight is 359 g/mol. The Labute approximate surface area is 155 Å². The molecule has 0 saturated carbocycles. The Hall–Kier alpha value is -2.09. The van der Waals surface area contributed by atoms with Crippen molar-refractivity contribution in [2.75, 3.05) is 59.3 Å². The second-order valence-corrected chi connectivity index (χ2v) is 6.34. The summed E-state index contributed by atoms with van der Waals surface area (Å²) in [5.74, 6) is 0.513. The number of hydrogen-bond acceptors (Lipinski definition) is 6. The Bertz CT molecular complexity index is 640. The second kappa shape index (κ2) is 10.8. The van der Waals surface area contributed by atoms with Crippen molar-refractivity contribution < 1.29 is 9.53 Å². The van der Waals surface area contributed by atoms with E-state index in [2.05, 4.69) is 38.6 Å². The van der Waals surface area contributed by atoms with Gasteiger partial charge in [-0.2, -0.15) is 0 Å². The van der Waals surface area contributed by atoms with Crippen molar-refractivity contribution in [3.63, 3.8) is 0 Å². The van der Waals surface area contributed by atoms with Gasteiger partial charge in [-0.3, -0.25) is 9.79 Å². The Balaban J connectivity index is 1.91. The fraction of sp³-hybridized carbons (Fsp3) is 0.526. The first-order valence-corrected chi connectivity index (χ1v) is 8.96. The largest absolute Gasteiger partial charge is 0.385 e. The quantitative estimate of drug-likeness (QED) is 0.583. The average Bonchev–Trinajstić information content (AvgIpc) is 3.09. The summed E-state index contributed by atoms with van der Waals surface area (Å²) in [4.78, 5) is 23.1. The van der Waals surface area contributed by atoms with Crippen LogP contribution >= 0.6 is 0 Å². The number of carbonyl (C=O) groups is 1. The number of nitrogens with one attached hydrogen (secondary N) is 2. The molecular formula is C19H29N5O2. The zero-order valence-electron chi connectivity index (χ0n) is 15.9. The van der Waals surface area contributed by atoms with Gasteiger partial charge in [-0.1, -0.05) is 6.08 Å². The lowest BCUT2D eigenvalue weighted by atomic mass is 10.0. The van der Waals surface area contributed by atoms with Crippen LogP contribution in [0.1, 0.15) is 18.4 Å². The third-order valence-electron chi connectivity index (χ3n) is 4.13. The summed E-state index contributed by atoms with van der Waals surface area (Å²) < 4.78 is 4.95. The van der Waals surface area contributed by atoms with E-state index in [-0.39, 0.29) is 5.91 Å². The summed E-state index contributed by atoms with van der Waals surface area (Å²) in [6.45, 7) is 4.09. The molecular weight excluding hydrogens is 330 g/mol. The number of anilines is 1. The van der Waals surface area contributed by atoms with Gasteiger partial charge in [0.1, 0.15) is 5.82 Å². The number of nitrogens with zero attached hydrogens (tertiary/aromatic N) is 3. The summed E-state index contributed by atoms with van der Waals surface area (Å²) in [6, 6.07) is 3.79. The summed E-state index contributed by atoms with van der Waals surface area (Å²) in [6.07, 6.45) is 5.06. The molecule has 2 heterocycles. The molecule has 0 bridgehead atoms. The SMILES string of the molecule is CNCCN(C)CC1=CCN=C1c1ccc(NC(=O)CCCOC)nc1. The fourth-order valence-electron chi connectivity index (χ4n) is 2.72. The predicted molar refractivity (Wildman–Crippen MR) is 105 cm³/mol. The molecule has 0 saturated heterocycles. The van der Waals surface area contributed by atoms with E-state index >= 15 is 0 Å². The highest BCUT2D eigenvalue weighted by Gasteiger charge is 2.16. The van der Waals surface area contributed by atoms with E-state index in [0.717, 1.165) is 30.9 Å². The van der Waals surface area contributed by atoms with Crippen LogP contribution in [0.15, 0.2) is 35.0 Å². The van der Waals surface area contributed by atoms with E-state index in [1.54, 1.807) is 13.3 Å². The minimum atomic E-state index is -0.0488. The number of ether oxygens (including phenoxy) is 1. The van der Waals surface area contributed by atoms with Crippen LogP contribution in [0.4, 0.5) is 5.82 Å². The number of aliphatic imine (C=N–C) groups is 1. The Kier molecular flexibility index (Phi) is 8.40. The fourth-order valence-corrected chi connectivity index (χ4v) is 2.72. The molecule has 1 aliphatic heterocycles. The van der Waals surface area contributed by atoms with Gasteiger partial charge in [0.05, 0.1) is 12.3 Å². The minimum Gasteiger partial charge on any atom is -0.385 e. The van der Waals surface area contributed by atoms with Crippen LogP contribution in [0.3, 0.4) is 0 Å². The number of likely N-dealkylation sites (N-methyl/N-ethyl adjacent to an activating group) is 2. The predicted octanol–water partition coefficient (Wildman–Crippen LogP) is 1.33. The highest BCUT2D eigenvalue weighted by atomic mass is 16.5. The number of rotatable bonds is 11. The number of amides is 1. The summed E-state index contributed by atoms with van der Waals surface area (Å²) in [5, 5.41) is 5.97. The van der Waals surface area contributed by atoms with Crippen LogP contribution in [0.25, 0.3) is 0 Å². The van der Waals surface area contributed by atoms with Gasteiger partial charge in [0.2, 0.25) is 5.91 Å². The van der Waals surface area contributed by atoms with Gasteiger partial charge in [-0.15, -0.1) is 0 Å². The summed E-state index contributed by atoms with van der Waals surface area (Å²) in [5.41, 5.74) is 3.20. The number of aromatic nitrogens is 1. The van der Waals surface area contributed by atoms with E-state index in [0.29, 0.717) is 31.8 Å². The van der Waals surface area contributed by atoms with Gasteiger partial charge < -0.3 is 20.3 Å². The van der Waals surface area contributed by atoms with Crippen LogP contribution in [-0.4, -0.2) is 75.5 Å². The second-order valence-electron chi connectivity index (χ2n) is 6.34. The number of carbonyl (C=O) groups excluding carboxylic acids is 1. The van der Waals surface area contributed by atoms with E-state index in [1.165, 1.54) is 5.57 Å². The van der Waals surface area contributed by atoms with E-state index < -0.39 is 0 Å². The van der Waals surface area contributed by atoms with Gasteiger partial charge in [0, 0.05) is 51.5 Å². The molecule has 0 aliphatic carbocycles.